The average Bonchev–Trinajstić information content (AvgIpc) is 2.96. The number of rotatable bonds is 5. The Hall–Kier alpha value is -2.80. The van der Waals surface area contributed by atoms with Crippen molar-refractivity contribution in [3.8, 4) is 0 Å². The van der Waals surface area contributed by atoms with Crippen molar-refractivity contribution in [3.05, 3.63) is 53.9 Å². The molecule has 0 saturated carbocycles. The third-order valence-electron chi connectivity index (χ3n) is 3.38. The predicted molar refractivity (Wildman–Crippen MR) is 94.9 cm³/mol. The molecule has 3 aromatic rings. The maximum Gasteiger partial charge on any atom is 0.250 e. The number of anilines is 1. The topological polar surface area (TPSA) is 101 Å². The van der Waals surface area contributed by atoms with Crippen molar-refractivity contribution in [3.63, 3.8) is 0 Å². The van der Waals surface area contributed by atoms with Gasteiger partial charge in [-0.1, -0.05) is 6.07 Å². The maximum atomic E-state index is 11.4. The fraction of sp³-hybridized carbons (Fsp3) is 0.118. The van der Waals surface area contributed by atoms with Crippen LogP contribution in [0.2, 0.25) is 0 Å². The van der Waals surface area contributed by atoms with Crippen molar-refractivity contribution in [1.82, 2.24) is 9.97 Å². The highest BCUT2D eigenvalue weighted by atomic mass is 32.2. The molecule has 3 rings (SSSR count). The monoisotopic (exact) mass is 340 g/mol. The molecule has 4 N–H and O–H groups in total. The molecule has 2 aromatic carbocycles. The lowest BCUT2D eigenvalue weighted by molar-refractivity contribution is -0.114. The number of nitrogens with zero attached hydrogens (tertiary/aromatic N) is 1. The second-order valence-corrected chi connectivity index (χ2v) is 6.29. The van der Waals surface area contributed by atoms with Crippen molar-refractivity contribution >= 4 is 40.3 Å². The molecule has 0 aliphatic heterocycles. The Kier molecular flexibility index (Phi) is 4.52. The molecule has 0 bridgehead atoms. The summed E-state index contributed by atoms with van der Waals surface area (Å²) in [6.45, 7) is 1.48. The summed E-state index contributed by atoms with van der Waals surface area (Å²) in [5.74, 6) is 0.823. The van der Waals surface area contributed by atoms with Crippen LogP contribution in [0.5, 0.6) is 0 Å². The van der Waals surface area contributed by atoms with Crippen molar-refractivity contribution in [2.75, 3.05) is 5.32 Å². The number of carbonyl (C=O) groups is 2. The van der Waals surface area contributed by atoms with Crippen LogP contribution >= 0.6 is 11.8 Å². The van der Waals surface area contributed by atoms with E-state index in [0.29, 0.717) is 16.8 Å². The molecule has 122 valence electrons. The van der Waals surface area contributed by atoms with Crippen molar-refractivity contribution in [2.45, 2.75) is 17.6 Å². The summed E-state index contributed by atoms with van der Waals surface area (Å²) in [6, 6.07) is 12.9. The van der Waals surface area contributed by atoms with Crippen LogP contribution in [0.3, 0.4) is 0 Å². The molecule has 24 heavy (non-hydrogen) atoms. The number of primary amides is 1. The van der Waals surface area contributed by atoms with Crippen LogP contribution in [0, 0.1) is 0 Å². The molecule has 0 atom stereocenters. The van der Waals surface area contributed by atoms with E-state index in [0.717, 1.165) is 21.9 Å². The molecule has 0 aliphatic rings. The number of imidazole rings is 1. The van der Waals surface area contributed by atoms with Crippen LogP contribution in [-0.2, 0) is 10.5 Å². The minimum Gasteiger partial charge on any atom is -0.366 e. The lowest BCUT2D eigenvalue weighted by atomic mass is 10.2. The third kappa shape index (κ3) is 3.57. The maximum absolute atomic E-state index is 11.4. The minimum atomic E-state index is -0.486. The number of benzene rings is 2. The van der Waals surface area contributed by atoms with Crippen LogP contribution in [0.15, 0.2) is 47.4 Å². The summed E-state index contributed by atoms with van der Waals surface area (Å²) in [6.07, 6.45) is 0. The van der Waals surface area contributed by atoms with E-state index >= 15 is 0 Å². The Morgan fingerprint density at radius 1 is 1.21 bits per heavy atom. The van der Waals surface area contributed by atoms with Gasteiger partial charge in [-0.15, -0.1) is 11.8 Å². The number of carbonyl (C=O) groups excluding carboxylic acids is 2. The van der Waals surface area contributed by atoms with Crippen molar-refractivity contribution < 1.29 is 9.59 Å². The number of amides is 2. The highest BCUT2D eigenvalue weighted by molar-refractivity contribution is 7.98. The van der Waals surface area contributed by atoms with Crippen molar-refractivity contribution in [1.29, 1.82) is 0 Å². The number of fused-ring (bicyclic) bond motifs is 1. The molecule has 6 nitrogen and oxygen atoms in total. The third-order valence-corrected chi connectivity index (χ3v) is 4.40. The van der Waals surface area contributed by atoms with E-state index in [1.165, 1.54) is 6.92 Å². The Bertz CT molecular complexity index is 903. The lowest BCUT2D eigenvalue weighted by Crippen LogP contribution is -2.11. The Labute approximate surface area is 142 Å². The molecule has 7 heteroatoms. The summed E-state index contributed by atoms with van der Waals surface area (Å²) in [4.78, 5) is 31.2. The number of aromatic amines is 1. The van der Waals surface area contributed by atoms with Gasteiger partial charge in [0.15, 0.2) is 0 Å². The highest BCUT2D eigenvalue weighted by Gasteiger charge is 2.11. The van der Waals surface area contributed by atoms with Gasteiger partial charge < -0.3 is 16.0 Å². The molecule has 1 aromatic heterocycles. The number of hydrogen-bond acceptors (Lipinski definition) is 4. The number of H-pyrrole nitrogens is 1. The van der Waals surface area contributed by atoms with E-state index in [1.54, 1.807) is 23.9 Å². The van der Waals surface area contributed by atoms with Crippen LogP contribution in [0.1, 0.15) is 23.1 Å². The number of nitrogens with one attached hydrogen (secondary N) is 2. The fourth-order valence-electron chi connectivity index (χ4n) is 2.34. The SMILES string of the molecule is CC(=O)Nc1ccc(SCc2nc3c(C(N)=O)cccc3[nH]2)cc1. The molecule has 0 spiro atoms. The Morgan fingerprint density at radius 3 is 2.62 bits per heavy atom. The average molecular weight is 340 g/mol. The van der Waals surface area contributed by atoms with Crippen molar-refractivity contribution in [2.24, 2.45) is 5.73 Å². The van der Waals surface area contributed by atoms with E-state index in [-0.39, 0.29) is 5.91 Å². The van der Waals surface area contributed by atoms with Gasteiger partial charge in [0.05, 0.1) is 16.8 Å². The van der Waals surface area contributed by atoms with Gasteiger partial charge in [0.2, 0.25) is 5.91 Å². The molecule has 1 heterocycles. The van der Waals surface area contributed by atoms with Gasteiger partial charge in [0.1, 0.15) is 11.3 Å². The number of aromatic nitrogens is 2. The van der Waals surface area contributed by atoms with Crippen LogP contribution in [0.4, 0.5) is 5.69 Å². The number of para-hydroxylation sites is 1. The normalized spacial score (nSPS) is 10.7. The van der Waals surface area contributed by atoms with Gasteiger partial charge in [-0.05, 0) is 36.4 Å². The standard InChI is InChI=1S/C17H16N4O2S/c1-10(22)19-11-5-7-12(8-6-11)24-9-15-20-14-4-2-3-13(17(18)23)16(14)21-15/h2-8H,9H2,1H3,(H2,18,23)(H,19,22)(H,20,21). The van der Waals surface area contributed by atoms with Gasteiger partial charge >= 0.3 is 0 Å². The molecule has 0 saturated heterocycles. The predicted octanol–water partition coefficient (Wildman–Crippen LogP) is 2.91. The molecule has 0 radical (unpaired) electrons. The summed E-state index contributed by atoms with van der Waals surface area (Å²) < 4.78 is 0. The van der Waals surface area contributed by atoms with E-state index in [9.17, 15) is 9.59 Å². The first-order chi connectivity index (χ1) is 11.5. The summed E-state index contributed by atoms with van der Waals surface area (Å²) in [5.41, 5.74) is 7.95. The van der Waals surface area contributed by atoms with Gasteiger partial charge in [0.25, 0.3) is 5.91 Å². The zero-order chi connectivity index (χ0) is 17.1. The number of hydrogen-bond donors (Lipinski definition) is 3. The largest absolute Gasteiger partial charge is 0.366 e. The first kappa shape index (κ1) is 16.1. The molecular formula is C17H16N4O2S. The Morgan fingerprint density at radius 2 is 1.96 bits per heavy atom. The van der Waals surface area contributed by atoms with E-state index in [1.807, 2.05) is 30.3 Å². The summed E-state index contributed by atoms with van der Waals surface area (Å²) in [5, 5.41) is 2.73. The fourth-order valence-corrected chi connectivity index (χ4v) is 3.11. The molecule has 0 unspecified atom stereocenters. The van der Waals surface area contributed by atoms with Crippen LogP contribution < -0.4 is 11.1 Å². The van der Waals surface area contributed by atoms with Crippen LogP contribution in [-0.4, -0.2) is 21.8 Å². The zero-order valence-corrected chi connectivity index (χ0v) is 13.8. The van der Waals surface area contributed by atoms with Crippen LogP contribution in [0.25, 0.3) is 11.0 Å². The highest BCUT2D eigenvalue weighted by Crippen LogP contribution is 2.25. The molecule has 2 amide bonds. The molecule has 0 aliphatic carbocycles. The molecule has 0 fully saturated rings. The van der Waals surface area contributed by atoms with E-state index < -0.39 is 5.91 Å². The summed E-state index contributed by atoms with van der Waals surface area (Å²) in [7, 11) is 0. The number of nitrogens with two attached hydrogens (primary N) is 1. The van der Waals surface area contributed by atoms with E-state index in [4.69, 9.17) is 5.73 Å². The first-order valence-corrected chi connectivity index (χ1v) is 8.29. The summed E-state index contributed by atoms with van der Waals surface area (Å²) >= 11 is 1.61. The zero-order valence-electron chi connectivity index (χ0n) is 13.0. The van der Waals surface area contributed by atoms with E-state index in [2.05, 4.69) is 15.3 Å². The number of thioether (sulfide) groups is 1. The van der Waals surface area contributed by atoms with Gasteiger partial charge in [-0.2, -0.15) is 0 Å². The lowest BCUT2D eigenvalue weighted by Gasteiger charge is -2.03. The minimum absolute atomic E-state index is 0.0945. The second-order valence-electron chi connectivity index (χ2n) is 5.24. The van der Waals surface area contributed by atoms with Gasteiger partial charge in [-0.25, -0.2) is 4.98 Å². The smallest absolute Gasteiger partial charge is 0.250 e. The molecular weight excluding hydrogens is 324 g/mol. The first-order valence-electron chi connectivity index (χ1n) is 7.31. The second kappa shape index (κ2) is 6.76. The quantitative estimate of drug-likeness (QED) is 0.622. The van der Waals surface area contributed by atoms with Gasteiger partial charge in [0, 0.05) is 17.5 Å². The van der Waals surface area contributed by atoms with Gasteiger partial charge in [-0.3, -0.25) is 9.59 Å². The Balaban J connectivity index is 1.72.